The number of aliphatic carboxylic acids is 1. The highest BCUT2D eigenvalue weighted by Crippen LogP contribution is 2.40. The molecule has 2 unspecified atom stereocenters. The summed E-state index contributed by atoms with van der Waals surface area (Å²) in [5, 5.41) is 38.7. The molecule has 1 aliphatic rings. The van der Waals surface area contributed by atoms with Crippen LogP contribution in [0.2, 0.25) is 10.0 Å². The number of nitro benzene ring substituents is 2. The highest BCUT2D eigenvalue weighted by molar-refractivity contribution is 7.57. The van der Waals surface area contributed by atoms with E-state index in [2.05, 4.69) is 16.3 Å². The second-order valence-corrected chi connectivity index (χ2v) is 15.6. The van der Waals surface area contributed by atoms with Crippen molar-refractivity contribution in [2.45, 2.75) is 84.8 Å². The van der Waals surface area contributed by atoms with E-state index in [4.69, 9.17) is 50.1 Å². The van der Waals surface area contributed by atoms with E-state index >= 15 is 0 Å². The molecule has 0 bridgehead atoms. The number of aromatic nitrogens is 3. The van der Waals surface area contributed by atoms with Crippen molar-refractivity contribution in [1.29, 1.82) is 0 Å². The summed E-state index contributed by atoms with van der Waals surface area (Å²) < 4.78 is 19.0. The summed E-state index contributed by atoms with van der Waals surface area (Å²) in [6.45, 7) is 9.04. The van der Waals surface area contributed by atoms with Crippen LogP contribution in [0.3, 0.4) is 0 Å². The van der Waals surface area contributed by atoms with Crippen molar-refractivity contribution in [2.75, 3.05) is 24.8 Å². The number of aryl methyl sites for hydroxylation is 2. The lowest BCUT2D eigenvalue weighted by Crippen LogP contribution is -2.30. The molecule has 0 aliphatic carbocycles. The van der Waals surface area contributed by atoms with Crippen LogP contribution >= 0.6 is 30.6 Å². The molecule has 1 aromatic heterocycles. The summed E-state index contributed by atoms with van der Waals surface area (Å²) in [6, 6.07) is 3.43. The van der Waals surface area contributed by atoms with Crippen LogP contribution in [0.25, 0.3) is 5.69 Å². The molecule has 20 heteroatoms. The topological polar surface area (TPSA) is 248 Å². The van der Waals surface area contributed by atoms with Gasteiger partial charge < -0.3 is 25.8 Å². The van der Waals surface area contributed by atoms with Gasteiger partial charge in [0.1, 0.15) is 24.2 Å². The first-order valence-corrected chi connectivity index (χ1v) is 19.5. The second kappa shape index (κ2) is 20.1. The van der Waals surface area contributed by atoms with Crippen LogP contribution in [0.15, 0.2) is 23.0 Å². The van der Waals surface area contributed by atoms with Crippen LogP contribution in [-0.4, -0.2) is 71.7 Å². The number of nitrogens with one attached hydrogen (secondary N) is 1. The highest BCUT2D eigenvalue weighted by atomic mass is 35.5. The number of carboxylic acid groups (broad SMARTS) is 1. The van der Waals surface area contributed by atoms with Gasteiger partial charge in [0.2, 0.25) is 0 Å². The maximum atomic E-state index is 12.5. The van der Waals surface area contributed by atoms with Crippen molar-refractivity contribution in [3.63, 3.8) is 0 Å². The zero-order valence-corrected chi connectivity index (χ0v) is 32.4. The number of nitrogens with two attached hydrogens (primary N) is 1. The SMILES string of the molecule is C#CCOc1cc(-n2nc3n(c2=O)CCCC3)c(Cl)cc1Cl.CCC(CC)Nc1c([N+](=O)[O-])cc(C)c(C)c1[N+](=O)[O-].CP(=O)(O)CCC(N)C(=O)O. The predicted octanol–water partition coefficient (Wildman–Crippen LogP) is 6.10. The second-order valence-electron chi connectivity index (χ2n) is 12.2. The zero-order chi connectivity index (χ0) is 40.2. The zero-order valence-electron chi connectivity index (χ0n) is 30.0. The Morgan fingerprint density at radius 1 is 1.17 bits per heavy atom. The van der Waals surface area contributed by atoms with Gasteiger partial charge in [0.25, 0.3) is 5.69 Å². The minimum absolute atomic E-state index is 0.0109. The van der Waals surface area contributed by atoms with Crippen molar-refractivity contribution >= 4 is 53.6 Å². The van der Waals surface area contributed by atoms with Crippen molar-refractivity contribution in [2.24, 2.45) is 5.73 Å². The quantitative estimate of drug-likeness (QED) is 0.0661. The minimum atomic E-state index is -3.10. The lowest BCUT2D eigenvalue weighted by atomic mass is 10.0. The molecule has 0 fully saturated rings. The molecule has 2 aromatic carbocycles. The van der Waals surface area contributed by atoms with Gasteiger partial charge in [0.15, 0.2) is 13.1 Å². The molecule has 4 rings (SSSR count). The number of nitro groups is 2. The molecule has 0 saturated heterocycles. The van der Waals surface area contributed by atoms with Gasteiger partial charge in [0.05, 0.1) is 25.6 Å². The third-order valence-corrected chi connectivity index (χ3v) is 9.88. The van der Waals surface area contributed by atoms with E-state index in [1.54, 1.807) is 24.5 Å². The Balaban J connectivity index is 0.000000291. The lowest BCUT2D eigenvalue weighted by Gasteiger charge is -2.17. The van der Waals surface area contributed by atoms with Crippen molar-refractivity contribution in [3.05, 3.63) is 75.9 Å². The molecular weight excluding hydrogens is 756 g/mol. The van der Waals surface area contributed by atoms with Crippen LogP contribution in [-0.2, 0) is 22.3 Å². The van der Waals surface area contributed by atoms with Gasteiger partial charge in [-0.15, -0.1) is 11.5 Å². The molecule has 0 saturated carbocycles. The summed E-state index contributed by atoms with van der Waals surface area (Å²) in [6.07, 6.45) is 9.44. The molecule has 53 heavy (non-hydrogen) atoms. The monoisotopic (exact) mass is 799 g/mol. The standard InChI is InChI=1S/C15H13Cl2N3O2.C13H19N3O4.C5H12NO4P/c1-2-7-22-13-9-12(10(16)8-11(13)17)20-15(21)19-6-4-3-5-14(19)18-20;1-5-10(6-2)14-12-11(15(17)18)7-8(3)9(4)13(12)16(19)20;1-11(9,10)3-2-4(6)5(7)8/h1,8-9H,3-7H2;7,10,14H,5-6H2,1-4H3;4H,2-3,6H2,1H3,(H,7,8)(H,9,10). The Kier molecular flexibility index (Phi) is 17.0. The van der Waals surface area contributed by atoms with Crippen LogP contribution in [0, 0.1) is 46.4 Å². The predicted molar refractivity (Wildman–Crippen MR) is 203 cm³/mol. The fourth-order valence-electron chi connectivity index (χ4n) is 5.06. The van der Waals surface area contributed by atoms with Crippen molar-refractivity contribution in [1.82, 2.24) is 14.3 Å². The Bertz CT molecular complexity index is 1950. The molecule has 5 N–H and O–H groups in total. The fraction of sp³-hybridized carbons (Fsp3) is 0.485. The van der Waals surface area contributed by atoms with Gasteiger partial charge in [-0.05, 0) is 57.6 Å². The van der Waals surface area contributed by atoms with Crippen LogP contribution in [0.4, 0.5) is 17.1 Å². The first kappa shape index (κ1) is 44.7. The van der Waals surface area contributed by atoms with Crippen LogP contribution in [0.1, 0.15) is 62.9 Å². The molecule has 2 atom stereocenters. The summed E-state index contributed by atoms with van der Waals surface area (Å²) in [5.41, 5.74) is 5.88. The third kappa shape index (κ3) is 12.6. The fourth-order valence-corrected chi connectivity index (χ4v) is 6.34. The number of carbonyl (C=O) groups is 1. The number of fused-ring (bicyclic) bond motifs is 1. The average Bonchev–Trinajstić information content (AvgIpc) is 3.42. The van der Waals surface area contributed by atoms with E-state index in [0.29, 0.717) is 39.2 Å². The number of rotatable bonds is 13. The number of terminal acetylenes is 1. The average molecular weight is 801 g/mol. The van der Waals surface area contributed by atoms with Crippen LogP contribution in [0.5, 0.6) is 5.75 Å². The Labute approximate surface area is 316 Å². The number of ether oxygens (including phenoxy) is 1. The normalized spacial score (nSPS) is 13.5. The molecule has 1 aliphatic heterocycles. The smallest absolute Gasteiger partial charge is 0.350 e. The van der Waals surface area contributed by atoms with Gasteiger partial charge in [0, 0.05) is 49.5 Å². The Morgan fingerprint density at radius 2 is 1.81 bits per heavy atom. The van der Waals surface area contributed by atoms with Gasteiger partial charge in [-0.1, -0.05) is 43.0 Å². The number of carboxylic acids is 1. The summed E-state index contributed by atoms with van der Waals surface area (Å²) in [5.74, 6) is 2.37. The summed E-state index contributed by atoms with van der Waals surface area (Å²) in [4.78, 5) is 52.6. The van der Waals surface area contributed by atoms with E-state index in [-0.39, 0.29) is 48.0 Å². The molecule has 17 nitrogen and oxygen atoms in total. The molecule has 3 aromatic rings. The van der Waals surface area contributed by atoms with E-state index in [0.717, 1.165) is 37.9 Å². The van der Waals surface area contributed by atoms with E-state index in [1.165, 1.54) is 23.5 Å². The molecule has 0 amide bonds. The summed E-state index contributed by atoms with van der Waals surface area (Å²) in [7, 11) is -3.10. The third-order valence-electron chi connectivity index (χ3n) is 8.19. The molecule has 290 valence electrons. The van der Waals surface area contributed by atoms with Crippen molar-refractivity contribution < 1.29 is 33.9 Å². The van der Waals surface area contributed by atoms with E-state index in [9.17, 15) is 34.4 Å². The minimum Gasteiger partial charge on any atom is -0.480 e. The van der Waals surface area contributed by atoms with E-state index in [1.807, 2.05) is 13.8 Å². The number of nitrogens with zero attached hydrogens (tertiary/aromatic N) is 5. The van der Waals surface area contributed by atoms with Crippen LogP contribution < -0.4 is 21.5 Å². The van der Waals surface area contributed by atoms with Gasteiger partial charge >= 0.3 is 17.3 Å². The Morgan fingerprint density at radius 3 is 2.32 bits per heavy atom. The van der Waals surface area contributed by atoms with E-state index < -0.39 is 29.2 Å². The number of halogens is 2. The maximum Gasteiger partial charge on any atom is 0.350 e. The number of hydrogen-bond acceptors (Lipinski definition) is 11. The highest BCUT2D eigenvalue weighted by Gasteiger charge is 2.30. The first-order valence-electron chi connectivity index (χ1n) is 16.5. The summed E-state index contributed by atoms with van der Waals surface area (Å²) >= 11 is 12.3. The van der Waals surface area contributed by atoms with Gasteiger partial charge in [-0.25, -0.2) is 4.79 Å². The number of benzene rings is 2. The molecule has 0 radical (unpaired) electrons. The molecule has 0 spiro atoms. The Hall–Kier alpha value is -4.46. The molecular formula is C33H44Cl2N7O10P. The number of anilines is 1. The number of hydrogen-bond donors (Lipinski definition) is 4. The van der Waals surface area contributed by atoms with Gasteiger partial charge in [-0.3, -0.25) is 34.2 Å². The van der Waals surface area contributed by atoms with Gasteiger partial charge in [-0.2, -0.15) is 4.68 Å². The first-order chi connectivity index (χ1) is 24.8. The molecule has 2 heterocycles. The largest absolute Gasteiger partial charge is 0.480 e. The van der Waals surface area contributed by atoms with Crippen molar-refractivity contribution in [3.8, 4) is 23.8 Å². The lowest BCUT2D eigenvalue weighted by molar-refractivity contribution is -0.392. The maximum absolute atomic E-state index is 12.5.